The lowest BCUT2D eigenvalue weighted by Gasteiger charge is -2.48. The van der Waals surface area contributed by atoms with Crippen molar-refractivity contribution in [2.24, 2.45) is 0 Å². The van der Waals surface area contributed by atoms with E-state index in [1.54, 1.807) is 0 Å². The van der Waals surface area contributed by atoms with Crippen molar-refractivity contribution >= 4 is 16.6 Å². The molecule has 0 saturated carbocycles. The summed E-state index contributed by atoms with van der Waals surface area (Å²) in [6.07, 6.45) is 2.98. The number of aromatic nitrogens is 1. The van der Waals surface area contributed by atoms with Crippen LogP contribution in [0.3, 0.4) is 0 Å². The Morgan fingerprint density at radius 3 is 1.94 bits per heavy atom. The summed E-state index contributed by atoms with van der Waals surface area (Å²) < 4.78 is 0. The molecule has 1 aromatic heterocycles. The van der Waals surface area contributed by atoms with Gasteiger partial charge in [-0.25, -0.2) is 0 Å². The summed E-state index contributed by atoms with van der Waals surface area (Å²) in [4.78, 5) is 7.28. The lowest BCUT2D eigenvalue weighted by atomic mass is 9.70. The second-order valence-electron chi connectivity index (χ2n) is 9.14. The van der Waals surface area contributed by atoms with Crippen LogP contribution in [0.5, 0.6) is 0 Å². The first kappa shape index (κ1) is 20.7. The highest BCUT2D eigenvalue weighted by Gasteiger charge is 2.41. The Morgan fingerprint density at radius 2 is 1.24 bits per heavy atom. The van der Waals surface area contributed by atoms with E-state index >= 15 is 0 Å². The number of anilines is 1. The van der Waals surface area contributed by atoms with Crippen molar-refractivity contribution in [3.63, 3.8) is 0 Å². The van der Waals surface area contributed by atoms with Crippen molar-refractivity contribution in [1.82, 2.24) is 4.98 Å². The molecule has 4 aromatic carbocycles. The number of fused-ring (bicyclic) bond motifs is 1. The first-order chi connectivity index (χ1) is 16.9. The molecule has 0 bridgehead atoms. The summed E-state index contributed by atoms with van der Waals surface area (Å²) in [5, 5.41) is 1.22. The van der Waals surface area contributed by atoms with Gasteiger partial charge in [-0.1, -0.05) is 97.1 Å². The summed E-state index contributed by atoms with van der Waals surface area (Å²) in [6.45, 7) is 0.996. The van der Waals surface area contributed by atoms with Gasteiger partial charge in [-0.15, -0.1) is 0 Å². The normalized spacial score (nSPS) is 20.4. The van der Waals surface area contributed by atoms with E-state index in [0.29, 0.717) is 11.8 Å². The number of rotatable bonds is 4. The number of pyridine rings is 1. The third kappa shape index (κ3) is 3.76. The quantitative estimate of drug-likeness (QED) is 0.284. The van der Waals surface area contributed by atoms with Crippen molar-refractivity contribution in [1.29, 1.82) is 0 Å². The molecule has 34 heavy (non-hydrogen) atoms. The monoisotopic (exact) mass is 440 g/mol. The average Bonchev–Trinajstić information content (AvgIpc) is 2.93. The van der Waals surface area contributed by atoms with Crippen LogP contribution < -0.4 is 4.90 Å². The minimum absolute atomic E-state index is 0.216. The van der Waals surface area contributed by atoms with E-state index < -0.39 is 0 Å². The lowest BCUT2D eigenvalue weighted by molar-refractivity contribution is 0.362. The summed E-state index contributed by atoms with van der Waals surface area (Å²) in [5.74, 6) is 0.768. The summed E-state index contributed by atoms with van der Waals surface area (Å²) in [6, 6.07) is 44.2. The minimum Gasteiger partial charge on any atom is -0.363 e. The number of nitrogens with zero attached hydrogens (tertiary/aromatic N) is 2. The standard InChI is InChI=1S/C32H28N2/c1-4-12-24(13-5-1)27-21-23-34(30-20-10-19-29-28(30)18-11-22-33-29)32(26-16-8-3-9-17-26)31(27)25-14-6-2-7-15-25/h1-20,22,27,31-32H,21,23H2. The van der Waals surface area contributed by atoms with Crippen LogP contribution in [0.15, 0.2) is 128 Å². The van der Waals surface area contributed by atoms with Gasteiger partial charge in [0.25, 0.3) is 0 Å². The SMILES string of the molecule is c1ccc(C2CCN(c3cccc4ncccc34)C(c3ccccc3)C2c2ccccc2)cc1. The van der Waals surface area contributed by atoms with E-state index in [1.807, 2.05) is 6.20 Å². The molecular weight excluding hydrogens is 412 g/mol. The molecule has 2 heterocycles. The summed E-state index contributed by atoms with van der Waals surface area (Å²) in [5.41, 5.74) is 6.50. The maximum atomic E-state index is 4.65. The first-order valence-corrected chi connectivity index (χ1v) is 12.2. The zero-order valence-electron chi connectivity index (χ0n) is 19.2. The zero-order chi connectivity index (χ0) is 22.7. The largest absolute Gasteiger partial charge is 0.363 e. The minimum atomic E-state index is 0.216. The molecule has 0 aliphatic carbocycles. The highest BCUT2D eigenvalue weighted by molar-refractivity contribution is 5.92. The van der Waals surface area contributed by atoms with Crippen molar-refractivity contribution < 1.29 is 0 Å². The van der Waals surface area contributed by atoms with Gasteiger partial charge in [-0.3, -0.25) is 4.98 Å². The van der Waals surface area contributed by atoms with E-state index in [4.69, 9.17) is 0 Å². The van der Waals surface area contributed by atoms with E-state index in [2.05, 4.69) is 131 Å². The molecule has 1 saturated heterocycles. The third-order valence-electron chi connectivity index (χ3n) is 7.28. The van der Waals surface area contributed by atoms with Crippen LogP contribution in [0.4, 0.5) is 5.69 Å². The molecule has 0 radical (unpaired) electrons. The molecule has 2 heteroatoms. The fourth-order valence-electron chi connectivity index (χ4n) is 5.82. The van der Waals surface area contributed by atoms with Gasteiger partial charge in [0.15, 0.2) is 0 Å². The number of piperidine rings is 1. The van der Waals surface area contributed by atoms with Crippen LogP contribution in [-0.2, 0) is 0 Å². The van der Waals surface area contributed by atoms with Gasteiger partial charge in [0.2, 0.25) is 0 Å². The first-order valence-electron chi connectivity index (χ1n) is 12.2. The fraction of sp³-hybridized carbons (Fsp3) is 0.156. The molecule has 1 aliphatic rings. The molecule has 2 nitrogen and oxygen atoms in total. The van der Waals surface area contributed by atoms with E-state index in [9.17, 15) is 0 Å². The van der Waals surface area contributed by atoms with Gasteiger partial charge in [-0.2, -0.15) is 0 Å². The number of hydrogen-bond donors (Lipinski definition) is 0. The van der Waals surface area contributed by atoms with Crippen molar-refractivity contribution in [3.05, 3.63) is 144 Å². The van der Waals surface area contributed by atoms with Crippen LogP contribution in [0.1, 0.15) is 41.0 Å². The van der Waals surface area contributed by atoms with Gasteiger partial charge in [-0.05, 0) is 53.3 Å². The Hall–Kier alpha value is -3.91. The topological polar surface area (TPSA) is 16.1 Å². The Balaban J connectivity index is 1.56. The van der Waals surface area contributed by atoms with Crippen LogP contribution >= 0.6 is 0 Å². The van der Waals surface area contributed by atoms with E-state index in [1.165, 1.54) is 27.8 Å². The Bertz CT molecular complexity index is 1360. The van der Waals surface area contributed by atoms with Crippen LogP contribution in [0.2, 0.25) is 0 Å². The maximum absolute atomic E-state index is 4.65. The second kappa shape index (κ2) is 9.15. The van der Waals surface area contributed by atoms with Crippen LogP contribution in [0.25, 0.3) is 10.9 Å². The molecule has 5 aromatic rings. The Morgan fingerprint density at radius 1 is 0.588 bits per heavy atom. The zero-order valence-corrected chi connectivity index (χ0v) is 19.2. The number of hydrogen-bond acceptors (Lipinski definition) is 2. The predicted octanol–water partition coefficient (Wildman–Crippen LogP) is 7.75. The molecule has 0 N–H and O–H groups in total. The Labute approximate surface area is 201 Å². The molecule has 6 rings (SSSR count). The lowest BCUT2D eigenvalue weighted by Crippen LogP contribution is -2.41. The van der Waals surface area contributed by atoms with Crippen LogP contribution in [0, 0.1) is 0 Å². The molecule has 3 unspecified atom stereocenters. The van der Waals surface area contributed by atoms with E-state index in [0.717, 1.165) is 18.5 Å². The molecule has 1 fully saturated rings. The molecule has 1 aliphatic heterocycles. The molecule has 3 atom stereocenters. The van der Waals surface area contributed by atoms with Crippen molar-refractivity contribution in [3.8, 4) is 0 Å². The highest BCUT2D eigenvalue weighted by atomic mass is 15.2. The van der Waals surface area contributed by atoms with Gasteiger partial charge >= 0.3 is 0 Å². The van der Waals surface area contributed by atoms with E-state index in [-0.39, 0.29) is 6.04 Å². The average molecular weight is 441 g/mol. The number of benzene rings is 4. The second-order valence-corrected chi connectivity index (χ2v) is 9.14. The van der Waals surface area contributed by atoms with Crippen LogP contribution in [-0.4, -0.2) is 11.5 Å². The summed E-state index contributed by atoms with van der Waals surface area (Å²) >= 11 is 0. The fourth-order valence-corrected chi connectivity index (χ4v) is 5.82. The third-order valence-corrected chi connectivity index (χ3v) is 7.28. The van der Waals surface area contributed by atoms with Gasteiger partial charge < -0.3 is 4.90 Å². The van der Waals surface area contributed by atoms with Gasteiger partial charge in [0.05, 0.1) is 11.6 Å². The molecular formula is C32H28N2. The maximum Gasteiger partial charge on any atom is 0.0722 e. The highest BCUT2D eigenvalue weighted by Crippen LogP contribution is 2.52. The molecule has 0 amide bonds. The Kier molecular flexibility index (Phi) is 5.56. The predicted molar refractivity (Wildman–Crippen MR) is 141 cm³/mol. The van der Waals surface area contributed by atoms with Crippen molar-refractivity contribution in [2.45, 2.75) is 24.3 Å². The van der Waals surface area contributed by atoms with Crippen molar-refractivity contribution in [2.75, 3.05) is 11.4 Å². The molecule has 166 valence electrons. The van der Waals surface area contributed by atoms with Gasteiger partial charge in [0, 0.05) is 29.7 Å². The summed E-state index contributed by atoms with van der Waals surface area (Å²) in [7, 11) is 0. The molecule has 0 spiro atoms. The smallest absolute Gasteiger partial charge is 0.0722 e. The van der Waals surface area contributed by atoms with Gasteiger partial charge in [0.1, 0.15) is 0 Å².